The van der Waals surface area contributed by atoms with Gasteiger partial charge < -0.3 is 15.5 Å². The highest BCUT2D eigenvalue weighted by atomic mass is 35.5. The maximum Gasteiger partial charge on any atom is 0.293 e. The van der Waals surface area contributed by atoms with Crippen LogP contribution in [0.3, 0.4) is 0 Å². The van der Waals surface area contributed by atoms with Gasteiger partial charge in [-0.25, -0.2) is 8.42 Å². The van der Waals surface area contributed by atoms with E-state index in [2.05, 4.69) is 0 Å². The SMILES string of the molecule is CC(C)(C)[C@H](N)C(=O)N1CCN(c2ccc(S(C)(=O)=O)cc2[N+](=O)[O-])CC1.Cl. The highest BCUT2D eigenvalue weighted by Gasteiger charge is 2.33. The summed E-state index contributed by atoms with van der Waals surface area (Å²) in [6.07, 6.45) is 1.01. The van der Waals surface area contributed by atoms with E-state index in [-0.39, 0.29) is 34.3 Å². The van der Waals surface area contributed by atoms with Gasteiger partial charge in [0.05, 0.1) is 15.9 Å². The molecular weight excluding hydrogens is 408 g/mol. The minimum atomic E-state index is -3.54. The minimum Gasteiger partial charge on any atom is -0.362 e. The summed E-state index contributed by atoms with van der Waals surface area (Å²) in [5.74, 6) is -0.135. The molecule has 1 aromatic rings. The second kappa shape index (κ2) is 8.62. The van der Waals surface area contributed by atoms with Gasteiger partial charge in [-0.3, -0.25) is 14.9 Å². The van der Waals surface area contributed by atoms with E-state index in [0.717, 1.165) is 12.3 Å². The number of carbonyl (C=O) groups excluding carboxylic acids is 1. The van der Waals surface area contributed by atoms with Crippen LogP contribution in [0.2, 0.25) is 0 Å². The summed E-state index contributed by atoms with van der Waals surface area (Å²) in [5, 5.41) is 11.4. The fourth-order valence-corrected chi connectivity index (χ4v) is 3.52. The highest BCUT2D eigenvalue weighted by Crippen LogP contribution is 2.31. The second-order valence-corrected chi connectivity index (χ2v) is 9.85. The number of nitrogens with zero attached hydrogens (tertiary/aromatic N) is 3. The number of nitro benzene ring substituents is 1. The molecule has 1 aliphatic heterocycles. The van der Waals surface area contributed by atoms with Crippen LogP contribution in [0.15, 0.2) is 23.1 Å². The summed E-state index contributed by atoms with van der Waals surface area (Å²) in [5.41, 5.74) is 5.78. The lowest BCUT2D eigenvalue weighted by Gasteiger charge is -2.38. The van der Waals surface area contributed by atoms with Gasteiger partial charge >= 0.3 is 0 Å². The quantitative estimate of drug-likeness (QED) is 0.561. The first-order chi connectivity index (χ1) is 12.3. The Kier molecular flexibility index (Phi) is 7.43. The largest absolute Gasteiger partial charge is 0.362 e. The van der Waals surface area contributed by atoms with E-state index >= 15 is 0 Å². The van der Waals surface area contributed by atoms with E-state index in [0.29, 0.717) is 31.9 Å². The zero-order valence-corrected chi connectivity index (χ0v) is 18.0. The molecule has 0 aliphatic carbocycles. The molecule has 0 radical (unpaired) electrons. The van der Waals surface area contributed by atoms with Crippen molar-refractivity contribution in [2.45, 2.75) is 31.7 Å². The molecular formula is C17H27ClN4O5S. The normalized spacial score (nSPS) is 16.3. The van der Waals surface area contributed by atoms with Crippen LogP contribution in [-0.4, -0.2) is 62.6 Å². The predicted molar refractivity (Wildman–Crippen MR) is 110 cm³/mol. The van der Waals surface area contributed by atoms with Gasteiger partial charge in [0.15, 0.2) is 9.84 Å². The fourth-order valence-electron chi connectivity index (χ4n) is 2.88. The van der Waals surface area contributed by atoms with Gasteiger partial charge in [0, 0.05) is 38.5 Å². The Bertz CT molecular complexity index is 846. The maximum absolute atomic E-state index is 12.5. The Morgan fingerprint density at radius 2 is 1.75 bits per heavy atom. The van der Waals surface area contributed by atoms with Crippen molar-refractivity contribution < 1.29 is 18.1 Å². The van der Waals surface area contributed by atoms with E-state index < -0.39 is 20.8 Å². The molecule has 1 heterocycles. The summed E-state index contributed by atoms with van der Waals surface area (Å²) < 4.78 is 23.3. The maximum atomic E-state index is 12.5. The van der Waals surface area contributed by atoms with Crippen molar-refractivity contribution in [3.63, 3.8) is 0 Å². The van der Waals surface area contributed by atoms with Crippen LogP contribution < -0.4 is 10.6 Å². The molecule has 11 heteroatoms. The Morgan fingerprint density at radius 3 is 2.18 bits per heavy atom. The zero-order valence-electron chi connectivity index (χ0n) is 16.4. The van der Waals surface area contributed by atoms with E-state index in [9.17, 15) is 23.3 Å². The van der Waals surface area contributed by atoms with Crippen LogP contribution >= 0.6 is 12.4 Å². The molecule has 1 saturated heterocycles. The number of rotatable bonds is 4. The van der Waals surface area contributed by atoms with Gasteiger partial charge in [0.25, 0.3) is 5.69 Å². The first kappa shape index (κ1) is 24.1. The third kappa shape index (κ3) is 5.33. The number of nitro groups is 1. The third-order valence-corrected chi connectivity index (χ3v) is 5.81. The van der Waals surface area contributed by atoms with Gasteiger partial charge in [0.1, 0.15) is 5.69 Å². The molecule has 0 spiro atoms. The van der Waals surface area contributed by atoms with Crippen molar-refractivity contribution >= 4 is 39.5 Å². The Labute approximate surface area is 171 Å². The Hall–Kier alpha value is -1.91. The van der Waals surface area contributed by atoms with Crippen molar-refractivity contribution in [2.24, 2.45) is 11.1 Å². The average molecular weight is 435 g/mol. The lowest BCUT2D eigenvalue weighted by Crippen LogP contribution is -2.56. The molecule has 0 bridgehead atoms. The van der Waals surface area contributed by atoms with Crippen LogP contribution in [0.1, 0.15) is 20.8 Å². The molecule has 28 heavy (non-hydrogen) atoms. The van der Waals surface area contributed by atoms with Gasteiger partial charge in [0.2, 0.25) is 5.91 Å². The number of benzene rings is 1. The van der Waals surface area contributed by atoms with E-state index in [1.807, 2.05) is 20.8 Å². The zero-order chi connectivity index (χ0) is 20.6. The summed E-state index contributed by atoms with van der Waals surface area (Å²) in [6.45, 7) is 7.31. The Balaban J connectivity index is 0.00000392. The van der Waals surface area contributed by atoms with Crippen LogP contribution in [0.25, 0.3) is 0 Å². The molecule has 0 unspecified atom stereocenters. The first-order valence-corrected chi connectivity index (χ1v) is 10.5. The van der Waals surface area contributed by atoms with Crippen molar-refractivity contribution in [3.05, 3.63) is 28.3 Å². The number of amides is 1. The lowest BCUT2D eigenvalue weighted by molar-refractivity contribution is -0.384. The van der Waals surface area contributed by atoms with Crippen molar-refractivity contribution in [2.75, 3.05) is 37.3 Å². The van der Waals surface area contributed by atoms with Crippen molar-refractivity contribution in [3.8, 4) is 0 Å². The van der Waals surface area contributed by atoms with E-state index in [4.69, 9.17) is 5.73 Å². The molecule has 2 rings (SSSR count). The molecule has 2 N–H and O–H groups in total. The van der Waals surface area contributed by atoms with E-state index in [1.165, 1.54) is 12.1 Å². The van der Waals surface area contributed by atoms with Crippen molar-refractivity contribution in [1.82, 2.24) is 4.90 Å². The molecule has 1 amide bonds. The van der Waals surface area contributed by atoms with Gasteiger partial charge in [-0.1, -0.05) is 20.8 Å². The van der Waals surface area contributed by atoms with Gasteiger partial charge in [-0.15, -0.1) is 12.4 Å². The molecule has 1 fully saturated rings. The average Bonchev–Trinajstić information content (AvgIpc) is 2.58. The third-order valence-electron chi connectivity index (χ3n) is 4.70. The number of sulfone groups is 1. The molecule has 1 aliphatic rings. The molecule has 158 valence electrons. The molecule has 1 atom stereocenters. The number of carbonyl (C=O) groups is 1. The summed E-state index contributed by atoms with van der Waals surface area (Å²) in [6, 6.07) is 3.28. The van der Waals surface area contributed by atoms with Crippen molar-refractivity contribution in [1.29, 1.82) is 0 Å². The standard InChI is InChI=1S/C17H26N4O5S.ClH/c1-17(2,3)15(18)16(22)20-9-7-19(8-10-20)13-6-5-12(27(4,25)26)11-14(13)21(23)24;/h5-6,11,15H,7-10,18H2,1-4H3;1H/t15-;/m1./s1. The first-order valence-electron chi connectivity index (χ1n) is 8.60. The summed E-state index contributed by atoms with van der Waals surface area (Å²) in [7, 11) is -3.54. The summed E-state index contributed by atoms with van der Waals surface area (Å²) >= 11 is 0. The number of anilines is 1. The Morgan fingerprint density at radius 1 is 1.21 bits per heavy atom. The molecule has 0 saturated carbocycles. The second-order valence-electron chi connectivity index (χ2n) is 7.84. The van der Waals surface area contributed by atoms with Crippen LogP contribution in [0, 0.1) is 15.5 Å². The smallest absolute Gasteiger partial charge is 0.293 e. The monoisotopic (exact) mass is 434 g/mol. The van der Waals surface area contributed by atoms with Crippen LogP contribution in [0.4, 0.5) is 11.4 Å². The van der Waals surface area contributed by atoms with Crippen LogP contribution in [0.5, 0.6) is 0 Å². The number of nitrogens with two attached hydrogens (primary N) is 1. The predicted octanol–water partition coefficient (Wildman–Crippen LogP) is 1.44. The number of piperazine rings is 1. The molecule has 1 aromatic carbocycles. The number of hydrogen-bond acceptors (Lipinski definition) is 7. The number of halogens is 1. The van der Waals surface area contributed by atoms with Crippen LogP contribution in [-0.2, 0) is 14.6 Å². The minimum absolute atomic E-state index is 0. The fraction of sp³-hybridized carbons (Fsp3) is 0.588. The van der Waals surface area contributed by atoms with E-state index in [1.54, 1.807) is 9.80 Å². The van der Waals surface area contributed by atoms with Gasteiger partial charge in [-0.2, -0.15) is 0 Å². The molecule has 9 nitrogen and oxygen atoms in total. The van der Waals surface area contributed by atoms with Gasteiger partial charge in [-0.05, 0) is 17.5 Å². The highest BCUT2D eigenvalue weighted by molar-refractivity contribution is 7.90. The lowest BCUT2D eigenvalue weighted by atomic mass is 9.86. The number of hydrogen-bond donors (Lipinski definition) is 1. The summed E-state index contributed by atoms with van der Waals surface area (Å²) in [4.78, 5) is 26.7. The molecule has 0 aromatic heterocycles. The topological polar surface area (TPSA) is 127 Å².